The number of halogens is 1. The van der Waals surface area contributed by atoms with Crippen LogP contribution in [-0.4, -0.2) is 28.5 Å². The van der Waals surface area contributed by atoms with Gasteiger partial charge in [-0.1, -0.05) is 0 Å². The number of hydrogen-bond acceptors (Lipinski definition) is 5. The van der Waals surface area contributed by atoms with Crippen LogP contribution in [0.25, 0.3) is 10.2 Å². The molecule has 1 saturated heterocycles. The predicted molar refractivity (Wildman–Crippen MR) is 107 cm³/mol. The molecule has 0 unspecified atom stereocenters. The number of nitrogens with zero attached hydrogens (tertiary/aromatic N) is 3. The van der Waals surface area contributed by atoms with Crippen molar-refractivity contribution in [2.24, 2.45) is 0 Å². The molecule has 1 atom stereocenters. The van der Waals surface area contributed by atoms with Crippen molar-refractivity contribution in [3.05, 3.63) is 46.9 Å². The van der Waals surface area contributed by atoms with E-state index in [1.807, 2.05) is 6.92 Å². The molecule has 1 fully saturated rings. The van der Waals surface area contributed by atoms with Gasteiger partial charge in [-0.05, 0) is 62.9 Å². The van der Waals surface area contributed by atoms with E-state index in [1.165, 1.54) is 29.9 Å². The Bertz CT molecular complexity index is 986. The van der Waals surface area contributed by atoms with Crippen molar-refractivity contribution in [2.45, 2.75) is 39.2 Å². The highest BCUT2D eigenvalue weighted by atomic mass is 32.1. The monoisotopic (exact) mass is 384 g/mol. The van der Waals surface area contributed by atoms with Crippen LogP contribution >= 0.6 is 11.3 Å². The van der Waals surface area contributed by atoms with Gasteiger partial charge in [-0.3, -0.25) is 4.79 Å². The molecule has 7 heteroatoms. The summed E-state index contributed by atoms with van der Waals surface area (Å²) in [5.41, 5.74) is 1.46. The molecule has 5 nitrogen and oxygen atoms in total. The van der Waals surface area contributed by atoms with E-state index in [-0.39, 0.29) is 11.7 Å². The summed E-state index contributed by atoms with van der Waals surface area (Å²) in [4.78, 5) is 25.5. The van der Waals surface area contributed by atoms with Crippen molar-refractivity contribution in [3.8, 4) is 0 Å². The van der Waals surface area contributed by atoms with E-state index in [2.05, 4.69) is 27.1 Å². The van der Waals surface area contributed by atoms with E-state index in [0.29, 0.717) is 16.6 Å². The number of carbonyl (C=O) groups excluding carboxylic acids is 1. The number of benzene rings is 1. The number of nitrogens with one attached hydrogen (secondary N) is 1. The van der Waals surface area contributed by atoms with Gasteiger partial charge in [0.05, 0.1) is 10.3 Å². The number of fused-ring (bicyclic) bond motifs is 1. The third-order valence-corrected chi connectivity index (χ3v) is 6.29. The van der Waals surface area contributed by atoms with Crippen molar-refractivity contribution in [2.75, 3.05) is 16.8 Å². The number of aromatic nitrogens is 2. The Morgan fingerprint density at radius 3 is 2.78 bits per heavy atom. The molecule has 3 heterocycles. The molecule has 4 rings (SSSR count). The molecule has 1 amide bonds. The minimum Gasteiger partial charge on any atom is -0.353 e. The van der Waals surface area contributed by atoms with E-state index < -0.39 is 0 Å². The second-order valence-electron chi connectivity index (χ2n) is 6.93. The van der Waals surface area contributed by atoms with Crippen molar-refractivity contribution in [3.63, 3.8) is 0 Å². The van der Waals surface area contributed by atoms with Crippen molar-refractivity contribution >= 4 is 39.0 Å². The Labute approximate surface area is 161 Å². The lowest BCUT2D eigenvalue weighted by atomic mass is 10.0. The van der Waals surface area contributed by atoms with Crippen LogP contribution in [0.15, 0.2) is 30.6 Å². The van der Waals surface area contributed by atoms with Gasteiger partial charge in [0, 0.05) is 18.3 Å². The summed E-state index contributed by atoms with van der Waals surface area (Å²) in [6, 6.07) is 6.18. The van der Waals surface area contributed by atoms with E-state index in [1.54, 1.807) is 18.5 Å². The van der Waals surface area contributed by atoms with Gasteiger partial charge >= 0.3 is 0 Å². The number of piperidine rings is 1. The third-order valence-electron chi connectivity index (χ3n) is 5.09. The third kappa shape index (κ3) is 3.39. The molecule has 1 aliphatic heterocycles. The largest absolute Gasteiger partial charge is 0.353 e. The lowest BCUT2D eigenvalue weighted by molar-refractivity contribution is 0.103. The van der Waals surface area contributed by atoms with Crippen LogP contribution in [0.5, 0.6) is 0 Å². The Balaban J connectivity index is 1.70. The minimum atomic E-state index is -0.332. The standard InChI is InChI=1S/C20H21FN4OS/c1-12-5-3-4-10-25(12)18-16-13(2)17(27-20(16)23-11-22-18)19(26)24-15-8-6-14(21)7-9-15/h6-9,11-12H,3-5,10H2,1-2H3,(H,24,26)/t12-/m0/s1. The number of amides is 1. The summed E-state index contributed by atoms with van der Waals surface area (Å²) in [5, 5.41) is 3.80. The molecule has 2 aromatic heterocycles. The first-order valence-electron chi connectivity index (χ1n) is 9.12. The quantitative estimate of drug-likeness (QED) is 0.707. The molecule has 1 aliphatic rings. The molecule has 1 N–H and O–H groups in total. The van der Waals surface area contributed by atoms with E-state index in [0.717, 1.165) is 41.0 Å². The number of aryl methyl sites for hydroxylation is 1. The van der Waals surface area contributed by atoms with Crippen LogP contribution in [0.4, 0.5) is 15.9 Å². The highest BCUT2D eigenvalue weighted by Gasteiger charge is 2.25. The molecular weight excluding hydrogens is 363 g/mol. The Hall–Kier alpha value is -2.54. The lowest BCUT2D eigenvalue weighted by Gasteiger charge is -2.34. The number of anilines is 2. The molecule has 1 aromatic carbocycles. The zero-order valence-electron chi connectivity index (χ0n) is 15.3. The molecule has 27 heavy (non-hydrogen) atoms. The highest BCUT2D eigenvalue weighted by molar-refractivity contribution is 7.20. The van der Waals surface area contributed by atoms with Crippen molar-refractivity contribution in [1.82, 2.24) is 9.97 Å². The van der Waals surface area contributed by atoms with Crippen LogP contribution in [0, 0.1) is 12.7 Å². The molecule has 0 spiro atoms. The van der Waals surface area contributed by atoms with E-state index >= 15 is 0 Å². The van der Waals surface area contributed by atoms with Gasteiger partial charge in [-0.15, -0.1) is 11.3 Å². The average Bonchev–Trinajstić information content (AvgIpc) is 3.01. The second kappa shape index (κ2) is 7.23. The first kappa shape index (κ1) is 17.9. The van der Waals surface area contributed by atoms with E-state index in [9.17, 15) is 9.18 Å². The fourth-order valence-electron chi connectivity index (χ4n) is 3.62. The predicted octanol–water partition coefficient (Wildman–Crippen LogP) is 4.77. The summed E-state index contributed by atoms with van der Waals surface area (Å²) >= 11 is 1.37. The van der Waals surface area contributed by atoms with Crippen LogP contribution in [0.2, 0.25) is 0 Å². The van der Waals surface area contributed by atoms with Crippen LogP contribution in [0.3, 0.4) is 0 Å². The zero-order chi connectivity index (χ0) is 19.0. The normalized spacial score (nSPS) is 17.3. The highest BCUT2D eigenvalue weighted by Crippen LogP contribution is 2.37. The average molecular weight is 384 g/mol. The summed E-state index contributed by atoms with van der Waals surface area (Å²) in [7, 11) is 0. The first-order chi connectivity index (χ1) is 13.0. The van der Waals surface area contributed by atoms with Crippen LogP contribution in [0.1, 0.15) is 41.4 Å². The summed E-state index contributed by atoms with van der Waals surface area (Å²) in [5.74, 6) is 0.378. The molecule has 140 valence electrons. The summed E-state index contributed by atoms with van der Waals surface area (Å²) in [6.07, 6.45) is 5.11. The maximum Gasteiger partial charge on any atom is 0.266 e. The summed E-state index contributed by atoms with van der Waals surface area (Å²) in [6.45, 7) is 5.14. The minimum absolute atomic E-state index is 0.209. The fraction of sp³-hybridized carbons (Fsp3) is 0.350. The summed E-state index contributed by atoms with van der Waals surface area (Å²) < 4.78 is 13.1. The molecule has 0 bridgehead atoms. The van der Waals surface area contributed by atoms with Crippen LogP contribution < -0.4 is 10.2 Å². The topological polar surface area (TPSA) is 58.1 Å². The van der Waals surface area contributed by atoms with Gasteiger partial charge in [0.1, 0.15) is 22.8 Å². The van der Waals surface area contributed by atoms with Crippen molar-refractivity contribution in [1.29, 1.82) is 0 Å². The van der Waals surface area contributed by atoms with Gasteiger partial charge < -0.3 is 10.2 Å². The van der Waals surface area contributed by atoms with Gasteiger partial charge in [-0.25, -0.2) is 14.4 Å². The van der Waals surface area contributed by atoms with Gasteiger partial charge in [0.15, 0.2) is 0 Å². The van der Waals surface area contributed by atoms with E-state index in [4.69, 9.17) is 0 Å². The molecule has 0 saturated carbocycles. The Kier molecular flexibility index (Phi) is 4.78. The SMILES string of the molecule is Cc1c(C(=O)Nc2ccc(F)cc2)sc2ncnc(N3CCCC[C@@H]3C)c12. The number of rotatable bonds is 3. The Morgan fingerprint density at radius 1 is 1.26 bits per heavy atom. The molecule has 3 aromatic rings. The van der Waals surface area contributed by atoms with Crippen LogP contribution in [-0.2, 0) is 0 Å². The van der Waals surface area contributed by atoms with Gasteiger partial charge in [-0.2, -0.15) is 0 Å². The van der Waals surface area contributed by atoms with Gasteiger partial charge in [0.25, 0.3) is 5.91 Å². The second-order valence-corrected chi connectivity index (χ2v) is 7.93. The number of thiophene rings is 1. The molecular formula is C20H21FN4OS. The fourth-order valence-corrected chi connectivity index (χ4v) is 4.66. The maximum absolute atomic E-state index is 13.1. The zero-order valence-corrected chi connectivity index (χ0v) is 16.1. The smallest absolute Gasteiger partial charge is 0.266 e. The number of carbonyl (C=O) groups is 1. The molecule has 0 aliphatic carbocycles. The molecule has 0 radical (unpaired) electrons. The Morgan fingerprint density at radius 2 is 2.04 bits per heavy atom. The number of hydrogen-bond donors (Lipinski definition) is 1. The first-order valence-corrected chi connectivity index (χ1v) is 9.94. The maximum atomic E-state index is 13.1. The van der Waals surface area contributed by atoms with Crippen molar-refractivity contribution < 1.29 is 9.18 Å². The van der Waals surface area contributed by atoms with Gasteiger partial charge in [0.2, 0.25) is 0 Å². The lowest BCUT2D eigenvalue weighted by Crippen LogP contribution is -2.38.